The number of nitrogens with zero attached hydrogens (tertiary/aromatic N) is 1. The van der Waals surface area contributed by atoms with Crippen molar-refractivity contribution in [3.8, 4) is 0 Å². The summed E-state index contributed by atoms with van der Waals surface area (Å²) in [6, 6.07) is 0.562. The summed E-state index contributed by atoms with van der Waals surface area (Å²) in [4.78, 5) is 14.2. The molecule has 0 aromatic heterocycles. The van der Waals surface area contributed by atoms with Crippen LogP contribution in [-0.2, 0) is 4.79 Å². The van der Waals surface area contributed by atoms with Crippen LogP contribution in [0.3, 0.4) is 0 Å². The van der Waals surface area contributed by atoms with Gasteiger partial charge in [0.1, 0.15) is 0 Å². The van der Waals surface area contributed by atoms with Crippen LogP contribution in [0.25, 0.3) is 0 Å². The van der Waals surface area contributed by atoms with Gasteiger partial charge in [0.25, 0.3) is 0 Å². The van der Waals surface area contributed by atoms with Gasteiger partial charge in [-0.3, -0.25) is 4.79 Å². The van der Waals surface area contributed by atoms with Crippen molar-refractivity contribution in [1.82, 2.24) is 10.2 Å². The van der Waals surface area contributed by atoms with E-state index in [0.29, 0.717) is 23.6 Å². The molecule has 0 aliphatic carbocycles. The topological polar surface area (TPSA) is 32.3 Å². The molecule has 2 fully saturated rings. The van der Waals surface area contributed by atoms with Crippen LogP contribution in [0.4, 0.5) is 0 Å². The summed E-state index contributed by atoms with van der Waals surface area (Å²) in [7, 11) is 0. The summed E-state index contributed by atoms with van der Waals surface area (Å²) in [5.74, 6) is 1.65. The van der Waals surface area contributed by atoms with Gasteiger partial charge in [0.2, 0.25) is 5.91 Å². The highest BCUT2D eigenvalue weighted by atomic mass is 32.2. The lowest BCUT2D eigenvalue weighted by atomic mass is 9.94. The SMILES string of the molecule is CC(C)(C)SCC(=O)N1C[C@@H]2CCCN[C@@H]2C1. The molecule has 4 heteroatoms. The molecule has 1 amide bonds. The average Bonchev–Trinajstić information content (AvgIpc) is 2.68. The maximum atomic E-state index is 12.1. The average molecular weight is 256 g/mol. The number of fused-ring (bicyclic) bond motifs is 1. The maximum absolute atomic E-state index is 12.1. The summed E-state index contributed by atoms with van der Waals surface area (Å²) in [6.07, 6.45) is 2.55. The summed E-state index contributed by atoms with van der Waals surface area (Å²) >= 11 is 1.75. The van der Waals surface area contributed by atoms with Gasteiger partial charge in [0.15, 0.2) is 0 Å². The number of thioether (sulfide) groups is 1. The number of carbonyl (C=O) groups excluding carboxylic acids is 1. The Morgan fingerprint density at radius 3 is 2.82 bits per heavy atom. The van der Waals surface area contributed by atoms with Crippen LogP contribution >= 0.6 is 11.8 Å². The zero-order valence-corrected chi connectivity index (χ0v) is 12.0. The Labute approximate surface area is 109 Å². The van der Waals surface area contributed by atoms with Crippen molar-refractivity contribution >= 4 is 17.7 Å². The molecule has 0 radical (unpaired) electrons. The van der Waals surface area contributed by atoms with E-state index >= 15 is 0 Å². The van der Waals surface area contributed by atoms with Crippen molar-refractivity contribution in [2.75, 3.05) is 25.4 Å². The van der Waals surface area contributed by atoms with Crippen molar-refractivity contribution in [2.45, 2.75) is 44.4 Å². The number of hydrogen-bond donors (Lipinski definition) is 1. The fraction of sp³-hybridized carbons (Fsp3) is 0.923. The third-order valence-corrected chi connectivity index (χ3v) is 4.84. The van der Waals surface area contributed by atoms with Gasteiger partial charge in [0, 0.05) is 23.9 Å². The highest BCUT2D eigenvalue weighted by Gasteiger charge is 2.36. The normalized spacial score (nSPS) is 29.2. The Hall–Kier alpha value is -0.220. The monoisotopic (exact) mass is 256 g/mol. The number of likely N-dealkylation sites (tertiary alicyclic amines) is 1. The molecule has 98 valence electrons. The number of hydrogen-bond acceptors (Lipinski definition) is 3. The molecule has 0 spiro atoms. The van der Waals surface area contributed by atoms with E-state index in [2.05, 4.69) is 31.0 Å². The summed E-state index contributed by atoms with van der Waals surface area (Å²) in [5, 5.41) is 3.54. The van der Waals surface area contributed by atoms with Gasteiger partial charge in [-0.2, -0.15) is 0 Å². The largest absolute Gasteiger partial charge is 0.340 e. The molecule has 0 bridgehead atoms. The highest BCUT2D eigenvalue weighted by Crippen LogP contribution is 2.27. The van der Waals surface area contributed by atoms with Crippen LogP contribution in [-0.4, -0.2) is 47.0 Å². The predicted octanol–water partition coefficient (Wildman–Crippen LogP) is 1.73. The zero-order valence-electron chi connectivity index (χ0n) is 11.2. The second-order valence-corrected chi connectivity index (χ2v) is 7.96. The maximum Gasteiger partial charge on any atom is 0.232 e. The minimum Gasteiger partial charge on any atom is -0.340 e. The molecule has 17 heavy (non-hydrogen) atoms. The van der Waals surface area contributed by atoms with Gasteiger partial charge in [0.05, 0.1) is 5.75 Å². The fourth-order valence-electron chi connectivity index (χ4n) is 2.62. The van der Waals surface area contributed by atoms with E-state index in [4.69, 9.17) is 0 Å². The van der Waals surface area contributed by atoms with Crippen LogP contribution in [0.2, 0.25) is 0 Å². The van der Waals surface area contributed by atoms with E-state index in [1.165, 1.54) is 12.8 Å². The molecule has 0 aromatic rings. The lowest BCUT2D eigenvalue weighted by molar-refractivity contribution is -0.127. The first kappa shape index (κ1) is 13.2. The van der Waals surface area contributed by atoms with E-state index in [9.17, 15) is 4.79 Å². The Bertz CT molecular complexity index is 274. The molecule has 0 unspecified atom stereocenters. The standard InChI is InChI=1S/C13H24N2OS/c1-13(2,3)17-9-12(16)15-7-10-5-4-6-14-11(10)8-15/h10-11,14H,4-9H2,1-3H3/t10-,11+/m0/s1. The van der Waals surface area contributed by atoms with E-state index < -0.39 is 0 Å². The smallest absolute Gasteiger partial charge is 0.232 e. The third kappa shape index (κ3) is 3.62. The molecule has 2 aliphatic heterocycles. The first-order valence-corrected chi connectivity index (χ1v) is 7.59. The number of amides is 1. The lowest BCUT2D eigenvalue weighted by Gasteiger charge is -2.24. The first-order chi connectivity index (χ1) is 7.96. The van der Waals surface area contributed by atoms with Crippen molar-refractivity contribution < 1.29 is 4.79 Å². The molecule has 0 saturated carbocycles. The Balaban J connectivity index is 1.81. The quantitative estimate of drug-likeness (QED) is 0.816. The van der Waals surface area contributed by atoms with E-state index in [1.807, 2.05) is 0 Å². The highest BCUT2D eigenvalue weighted by molar-refractivity contribution is 8.01. The predicted molar refractivity (Wildman–Crippen MR) is 73.3 cm³/mol. The Morgan fingerprint density at radius 2 is 2.18 bits per heavy atom. The molecule has 0 aromatic carbocycles. The van der Waals surface area contributed by atoms with E-state index in [-0.39, 0.29) is 4.75 Å². The Kier molecular flexibility index (Phi) is 4.03. The lowest BCUT2D eigenvalue weighted by Crippen LogP contribution is -2.41. The minimum absolute atomic E-state index is 0.181. The fourth-order valence-corrected chi connectivity index (χ4v) is 3.36. The minimum atomic E-state index is 0.181. The second kappa shape index (κ2) is 5.19. The Morgan fingerprint density at radius 1 is 1.41 bits per heavy atom. The molecule has 2 atom stereocenters. The van der Waals surface area contributed by atoms with Gasteiger partial charge in [-0.15, -0.1) is 11.8 Å². The van der Waals surface area contributed by atoms with Crippen molar-refractivity contribution in [1.29, 1.82) is 0 Å². The van der Waals surface area contributed by atoms with Crippen LogP contribution in [0.15, 0.2) is 0 Å². The van der Waals surface area contributed by atoms with Crippen LogP contribution in [0.1, 0.15) is 33.6 Å². The van der Waals surface area contributed by atoms with Crippen LogP contribution in [0.5, 0.6) is 0 Å². The molecule has 3 nitrogen and oxygen atoms in total. The molecule has 2 saturated heterocycles. The van der Waals surface area contributed by atoms with Gasteiger partial charge in [-0.25, -0.2) is 0 Å². The number of carbonyl (C=O) groups is 1. The van der Waals surface area contributed by atoms with Gasteiger partial charge >= 0.3 is 0 Å². The molecule has 2 heterocycles. The van der Waals surface area contributed by atoms with Gasteiger partial charge in [-0.1, -0.05) is 20.8 Å². The summed E-state index contributed by atoms with van der Waals surface area (Å²) < 4.78 is 0.181. The first-order valence-electron chi connectivity index (χ1n) is 6.61. The number of rotatable bonds is 2. The molecule has 2 aliphatic rings. The number of nitrogens with one attached hydrogen (secondary N) is 1. The molecular weight excluding hydrogens is 232 g/mol. The molecule has 1 N–H and O–H groups in total. The van der Waals surface area contributed by atoms with Crippen LogP contribution < -0.4 is 5.32 Å². The number of piperidine rings is 1. The van der Waals surface area contributed by atoms with Crippen molar-refractivity contribution in [3.05, 3.63) is 0 Å². The zero-order chi connectivity index (χ0) is 12.5. The second-order valence-electron chi connectivity index (χ2n) is 6.16. The summed E-state index contributed by atoms with van der Waals surface area (Å²) in [6.45, 7) is 9.51. The third-order valence-electron chi connectivity index (χ3n) is 3.58. The van der Waals surface area contributed by atoms with E-state index in [0.717, 1.165) is 19.6 Å². The van der Waals surface area contributed by atoms with Crippen molar-refractivity contribution in [3.63, 3.8) is 0 Å². The van der Waals surface area contributed by atoms with E-state index in [1.54, 1.807) is 11.8 Å². The molecule has 2 rings (SSSR count). The van der Waals surface area contributed by atoms with Gasteiger partial charge < -0.3 is 10.2 Å². The van der Waals surface area contributed by atoms with Crippen LogP contribution in [0, 0.1) is 5.92 Å². The van der Waals surface area contributed by atoms with Crippen molar-refractivity contribution in [2.24, 2.45) is 5.92 Å². The summed E-state index contributed by atoms with van der Waals surface area (Å²) in [5.41, 5.74) is 0. The van der Waals surface area contributed by atoms with Gasteiger partial charge in [-0.05, 0) is 25.3 Å². The molecular formula is C13H24N2OS.